The zero-order chi connectivity index (χ0) is 18.0. The first-order valence-corrected chi connectivity index (χ1v) is 9.79. The van der Waals surface area contributed by atoms with Gasteiger partial charge in [-0.1, -0.05) is 61.5 Å². The Morgan fingerprint density at radius 1 is 1.19 bits per heavy atom. The molecule has 134 valence electrons. The van der Waals surface area contributed by atoms with Crippen LogP contribution in [0.3, 0.4) is 0 Å². The molecule has 2 aliphatic heterocycles. The maximum absolute atomic E-state index is 12.0. The fourth-order valence-electron chi connectivity index (χ4n) is 3.23. The van der Waals surface area contributed by atoms with E-state index in [4.69, 9.17) is 0 Å². The SMILES string of the molecule is CC[C@]1(/C=C/C(=O)C2OO2)CSc2ccccc2[C@H](c2ccccc2)N1. The lowest BCUT2D eigenvalue weighted by molar-refractivity contribution is -0.116. The molecule has 2 aromatic rings. The van der Waals surface area contributed by atoms with Gasteiger partial charge >= 0.3 is 0 Å². The van der Waals surface area contributed by atoms with Crippen molar-refractivity contribution in [3.05, 3.63) is 77.9 Å². The van der Waals surface area contributed by atoms with Crippen molar-refractivity contribution in [3.8, 4) is 0 Å². The molecule has 1 saturated heterocycles. The normalized spacial score (nSPS) is 25.7. The molecule has 0 aliphatic carbocycles. The number of ketones is 1. The first-order valence-electron chi connectivity index (χ1n) is 8.80. The summed E-state index contributed by atoms with van der Waals surface area (Å²) in [5.41, 5.74) is 2.19. The van der Waals surface area contributed by atoms with Gasteiger partial charge in [0.05, 0.1) is 6.04 Å². The van der Waals surface area contributed by atoms with Gasteiger partial charge in [0.2, 0.25) is 5.78 Å². The molecule has 1 fully saturated rings. The van der Waals surface area contributed by atoms with Crippen LogP contribution >= 0.6 is 11.8 Å². The average molecular weight is 367 g/mol. The van der Waals surface area contributed by atoms with E-state index in [2.05, 4.69) is 70.5 Å². The topological polar surface area (TPSA) is 54.2 Å². The van der Waals surface area contributed by atoms with Crippen LogP contribution in [0.4, 0.5) is 0 Å². The molecule has 2 heterocycles. The third-order valence-electron chi connectivity index (χ3n) is 4.90. The zero-order valence-corrected chi connectivity index (χ0v) is 15.4. The van der Waals surface area contributed by atoms with Crippen LogP contribution in [0.2, 0.25) is 0 Å². The molecule has 0 aromatic heterocycles. The van der Waals surface area contributed by atoms with Gasteiger partial charge in [-0.15, -0.1) is 11.8 Å². The van der Waals surface area contributed by atoms with Gasteiger partial charge in [-0.25, -0.2) is 0 Å². The molecule has 0 spiro atoms. The van der Waals surface area contributed by atoms with Gasteiger partial charge in [-0.2, -0.15) is 9.78 Å². The van der Waals surface area contributed by atoms with E-state index in [9.17, 15) is 4.79 Å². The maximum atomic E-state index is 12.0. The third-order valence-corrected chi connectivity index (χ3v) is 6.24. The molecule has 0 amide bonds. The second-order valence-electron chi connectivity index (χ2n) is 6.58. The number of fused-ring (bicyclic) bond motifs is 1. The van der Waals surface area contributed by atoms with Crippen LogP contribution in [0, 0.1) is 0 Å². The number of benzene rings is 2. The van der Waals surface area contributed by atoms with Crippen molar-refractivity contribution in [1.29, 1.82) is 0 Å². The number of hydrogen-bond donors (Lipinski definition) is 1. The van der Waals surface area contributed by atoms with Gasteiger partial charge in [0.1, 0.15) is 0 Å². The summed E-state index contributed by atoms with van der Waals surface area (Å²) in [4.78, 5) is 22.5. The van der Waals surface area contributed by atoms with E-state index in [-0.39, 0.29) is 17.4 Å². The third kappa shape index (κ3) is 3.62. The van der Waals surface area contributed by atoms with E-state index in [0.717, 1.165) is 12.2 Å². The summed E-state index contributed by atoms with van der Waals surface area (Å²) in [7, 11) is 0. The van der Waals surface area contributed by atoms with Crippen LogP contribution in [-0.4, -0.2) is 23.4 Å². The summed E-state index contributed by atoms with van der Waals surface area (Å²) < 4.78 is 0. The Hall–Kier alpha value is -1.92. The van der Waals surface area contributed by atoms with Crippen molar-refractivity contribution in [3.63, 3.8) is 0 Å². The van der Waals surface area contributed by atoms with Crippen molar-refractivity contribution < 1.29 is 14.6 Å². The summed E-state index contributed by atoms with van der Waals surface area (Å²) in [5.74, 6) is 0.697. The highest BCUT2D eigenvalue weighted by atomic mass is 32.2. The minimum absolute atomic E-state index is 0.0653. The minimum Gasteiger partial charge on any atom is -0.296 e. The highest BCUT2D eigenvalue weighted by molar-refractivity contribution is 7.99. The van der Waals surface area contributed by atoms with Crippen LogP contribution in [0.5, 0.6) is 0 Å². The summed E-state index contributed by atoms with van der Waals surface area (Å²) in [6.45, 7) is 2.14. The lowest BCUT2D eigenvalue weighted by Gasteiger charge is -2.33. The molecule has 0 radical (unpaired) electrons. The minimum atomic E-state index is -0.722. The largest absolute Gasteiger partial charge is 0.296 e. The molecular formula is C21H21NO3S. The Bertz CT molecular complexity index is 819. The summed E-state index contributed by atoms with van der Waals surface area (Å²) in [6, 6.07) is 19.0. The highest BCUT2D eigenvalue weighted by Gasteiger charge is 2.36. The van der Waals surface area contributed by atoms with Crippen molar-refractivity contribution in [1.82, 2.24) is 5.32 Å². The first kappa shape index (κ1) is 17.5. The predicted molar refractivity (Wildman–Crippen MR) is 102 cm³/mol. The molecule has 4 rings (SSSR count). The molecular weight excluding hydrogens is 346 g/mol. The van der Waals surface area contributed by atoms with Crippen LogP contribution in [-0.2, 0) is 14.6 Å². The van der Waals surface area contributed by atoms with Crippen molar-refractivity contribution >= 4 is 17.5 Å². The van der Waals surface area contributed by atoms with Gasteiger partial charge in [0, 0.05) is 16.2 Å². The van der Waals surface area contributed by atoms with E-state index in [1.807, 2.05) is 23.9 Å². The lowest BCUT2D eigenvalue weighted by Crippen LogP contribution is -2.46. The van der Waals surface area contributed by atoms with Crippen molar-refractivity contribution in [2.45, 2.75) is 36.1 Å². The molecule has 0 unspecified atom stereocenters. The molecule has 4 nitrogen and oxygen atoms in total. The summed E-state index contributed by atoms with van der Waals surface area (Å²) in [6.07, 6.45) is 3.72. The maximum Gasteiger partial charge on any atom is 0.285 e. The monoisotopic (exact) mass is 367 g/mol. The van der Waals surface area contributed by atoms with Crippen LogP contribution in [0.15, 0.2) is 71.6 Å². The van der Waals surface area contributed by atoms with Gasteiger partial charge in [0.25, 0.3) is 6.29 Å². The van der Waals surface area contributed by atoms with Gasteiger partial charge < -0.3 is 0 Å². The van der Waals surface area contributed by atoms with Crippen molar-refractivity contribution in [2.24, 2.45) is 0 Å². The van der Waals surface area contributed by atoms with Crippen LogP contribution in [0.25, 0.3) is 0 Å². The van der Waals surface area contributed by atoms with E-state index >= 15 is 0 Å². The molecule has 26 heavy (non-hydrogen) atoms. The van der Waals surface area contributed by atoms with Gasteiger partial charge in [0.15, 0.2) is 0 Å². The summed E-state index contributed by atoms with van der Waals surface area (Å²) >= 11 is 1.83. The average Bonchev–Trinajstić information content (AvgIpc) is 3.54. The molecule has 2 aliphatic rings. The van der Waals surface area contributed by atoms with E-state index < -0.39 is 6.29 Å². The Morgan fingerprint density at radius 2 is 1.92 bits per heavy atom. The molecule has 1 N–H and O–H groups in total. The Kier molecular flexibility index (Phi) is 4.96. The zero-order valence-electron chi connectivity index (χ0n) is 14.6. The number of nitrogens with one attached hydrogen (secondary N) is 1. The molecule has 2 aromatic carbocycles. The lowest BCUT2D eigenvalue weighted by atomic mass is 9.91. The quantitative estimate of drug-likeness (QED) is 0.491. The Labute approximate surface area is 157 Å². The van der Waals surface area contributed by atoms with Gasteiger partial charge in [-0.05, 0) is 29.7 Å². The predicted octanol–water partition coefficient (Wildman–Crippen LogP) is 4.03. The molecule has 5 heteroatoms. The Morgan fingerprint density at radius 3 is 2.65 bits per heavy atom. The van der Waals surface area contributed by atoms with E-state index in [0.29, 0.717) is 0 Å². The van der Waals surface area contributed by atoms with E-state index in [1.165, 1.54) is 16.0 Å². The van der Waals surface area contributed by atoms with Crippen molar-refractivity contribution in [2.75, 3.05) is 5.75 Å². The highest BCUT2D eigenvalue weighted by Crippen LogP contribution is 2.39. The van der Waals surface area contributed by atoms with Crippen LogP contribution < -0.4 is 5.32 Å². The Balaban J connectivity index is 1.71. The smallest absolute Gasteiger partial charge is 0.285 e. The number of carbonyl (C=O) groups is 1. The number of thioether (sulfide) groups is 1. The second kappa shape index (κ2) is 7.37. The van der Waals surface area contributed by atoms with E-state index in [1.54, 1.807) is 6.08 Å². The van der Waals surface area contributed by atoms with Crippen LogP contribution in [0.1, 0.15) is 30.5 Å². The number of hydrogen-bond acceptors (Lipinski definition) is 5. The number of rotatable bonds is 5. The molecule has 2 atom stereocenters. The number of carbonyl (C=O) groups excluding carboxylic acids is 1. The first-order chi connectivity index (χ1) is 12.7. The fraction of sp³-hybridized carbons (Fsp3) is 0.286. The van der Waals surface area contributed by atoms with Gasteiger partial charge in [-0.3, -0.25) is 10.1 Å². The second-order valence-corrected chi connectivity index (χ2v) is 7.60. The summed E-state index contributed by atoms with van der Waals surface area (Å²) in [5, 5.41) is 3.82. The molecule has 0 saturated carbocycles. The molecule has 0 bridgehead atoms. The standard InChI is InChI=1S/C21H21NO3S/c1-2-21(13-12-17(23)20-24-25-20)14-26-18-11-7-6-10-16(18)19(22-21)15-8-4-3-5-9-15/h3-13,19-20,22H,2,14H2,1H3/b13-12+/t19-,21-/m0/s1. The fourth-order valence-corrected chi connectivity index (χ4v) is 4.56.